The highest BCUT2D eigenvalue weighted by molar-refractivity contribution is 5.29. The molecule has 2 heteroatoms. The van der Waals surface area contributed by atoms with Crippen molar-refractivity contribution in [2.45, 2.75) is 26.9 Å². The van der Waals surface area contributed by atoms with Crippen molar-refractivity contribution < 1.29 is 4.74 Å². The van der Waals surface area contributed by atoms with Crippen LogP contribution in [0.1, 0.15) is 23.1 Å². The Kier molecular flexibility index (Phi) is 5.37. The maximum absolute atomic E-state index is 5.58. The SMILES string of the molecule is CNCCCOCc1ccc(C)c(C)c1. The molecular formula is C13H21NO. The Balaban J connectivity index is 2.28. The smallest absolute Gasteiger partial charge is 0.0716 e. The Morgan fingerprint density at radius 2 is 2.00 bits per heavy atom. The molecule has 0 aliphatic carbocycles. The van der Waals surface area contributed by atoms with E-state index < -0.39 is 0 Å². The van der Waals surface area contributed by atoms with Crippen molar-refractivity contribution in [2.24, 2.45) is 0 Å². The number of rotatable bonds is 6. The van der Waals surface area contributed by atoms with Crippen molar-refractivity contribution in [3.05, 3.63) is 34.9 Å². The first-order valence-corrected chi connectivity index (χ1v) is 5.52. The van der Waals surface area contributed by atoms with Crippen LogP contribution in [0.2, 0.25) is 0 Å². The van der Waals surface area contributed by atoms with Crippen LogP contribution >= 0.6 is 0 Å². The molecule has 0 bridgehead atoms. The zero-order chi connectivity index (χ0) is 11.1. The molecule has 1 aromatic carbocycles. The van der Waals surface area contributed by atoms with Gasteiger partial charge in [0.15, 0.2) is 0 Å². The molecule has 0 amide bonds. The van der Waals surface area contributed by atoms with Gasteiger partial charge in [-0.2, -0.15) is 0 Å². The minimum atomic E-state index is 0.727. The van der Waals surface area contributed by atoms with Crippen LogP contribution in [0.15, 0.2) is 18.2 Å². The molecule has 0 aliphatic rings. The standard InChI is InChI=1S/C13H21NO/c1-11-5-6-13(9-12(11)2)10-15-8-4-7-14-3/h5-6,9,14H,4,7-8,10H2,1-3H3. The van der Waals surface area contributed by atoms with Gasteiger partial charge in [-0.15, -0.1) is 0 Å². The van der Waals surface area contributed by atoms with E-state index >= 15 is 0 Å². The Bertz CT molecular complexity index is 297. The molecule has 15 heavy (non-hydrogen) atoms. The van der Waals surface area contributed by atoms with Gasteiger partial charge < -0.3 is 10.1 Å². The molecule has 0 atom stereocenters. The molecule has 1 aromatic rings. The predicted octanol–water partition coefficient (Wildman–Crippen LogP) is 2.43. The van der Waals surface area contributed by atoms with Crippen molar-refractivity contribution in [2.75, 3.05) is 20.2 Å². The Labute approximate surface area is 92.6 Å². The molecule has 0 saturated heterocycles. The molecule has 0 fully saturated rings. The highest BCUT2D eigenvalue weighted by atomic mass is 16.5. The zero-order valence-electron chi connectivity index (χ0n) is 9.97. The highest BCUT2D eigenvalue weighted by Gasteiger charge is 1.96. The van der Waals surface area contributed by atoms with Crippen LogP contribution < -0.4 is 5.32 Å². The average molecular weight is 207 g/mol. The number of aryl methyl sites for hydroxylation is 2. The fourth-order valence-corrected chi connectivity index (χ4v) is 1.43. The second kappa shape index (κ2) is 6.59. The number of hydrogen-bond donors (Lipinski definition) is 1. The highest BCUT2D eigenvalue weighted by Crippen LogP contribution is 2.10. The van der Waals surface area contributed by atoms with Gasteiger partial charge in [0, 0.05) is 6.61 Å². The van der Waals surface area contributed by atoms with Crippen molar-refractivity contribution in [1.82, 2.24) is 5.32 Å². The minimum absolute atomic E-state index is 0.727. The maximum Gasteiger partial charge on any atom is 0.0716 e. The van der Waals surface area contributed by atoms with Crippen LogP contribution in [0.3, 0.4) is 0 Å². The molecule has 0 aliphatic heterocycles. The van der Waals surface area contributed by atoms with Gasteiger partial charge in [-0.1, -0.05) is 18.2 Å². The topological polar surface area (TPSA) is 21.3 Å². The summed E-state index contributed by atoms with van der Waals surface area (Å²) in [7, 11) is 1.96. The Morgan fingerprint density at radius 1 is 1.20 bits per heavy atom. The summed E-state index contributed by atoms with van der Waals surface area (Å²) in [5.41, 5.74) is 3.95. The summed E-state index contributed by atoms with van der Waals surface area (Å²) in [4.78, 5) is 0. The average Bonchev–Trinajstić information content (AvgIpc) is 2.23. The Morgan fingerprint density at radius 3 is 2.67 bits per heavy atom. The second-order valence-corrected chi connectivity index (χ2v) is 3.93. The third-order valence-electron chi connectivity index (χ3n) is 2.56. The summed E-state index contributed by atoms with van der Waals surface area (Å²) in [5.74, 6) is 0. The van der Waals surface area contributed by atoms with E-state index in [9.17, 15) is 0 Å². The molecule has 2 nitrogen and oxygen atoms in total. The normalized spacial score (nSPS) is 10.6. The van der Waals surface area contributed by atoms with Crippen LogP contribution in [-0.4, -0.2) is 20.2 Å². The summed E-state index contributed by atoms with van der Waals surface area (Å²) < 4.78 is 5.58. The molecule has 0 heterocycles. The lowest BCUT2D eigenvalue weighted by Gasteiger charge is -2.06. The van der Waals surface area contributed by atoms with Crippen molar-refractivity contribution >= 4 is 0 Å². The summed E-state index contributed by atoms with van der Waals surface area (Å²) in [6.07, 6.45) is 1.07. The van der Waals surface area contributed by atoms with Crippen LogP contribution in [-0.2, 0) is 11.3 Å². The van der Waals surface area contributed by atoms with Crippen LogP contribution in [0, 0.1) is 13.8 Å². The summed E-state index contributed by atoms with van der Waals surface area (Å²) in [6, 6.07) is 6.50. The largest absolute Gasteiger partial charge is 0.377 e. The lowest BCUT2D eigenvalue weighted by molar-refractivity contribution is 0.119. The van der Waals surface area contributed by atoms with Crippen LogP contribution in [0.5, 0.6) is 0 Å². The van der Waals surface area contributed by atoms with Gasteiger partial charge in [-0.25, -0.2) is 0 Å². The third-order valence-corrected chi connectivity index (χ3v) is 2.56. The number of benzene rings is 1. The fraction of sp³-hybridized carbons (Fsp3) is 0.538. The van der Waals surface area contributed by atoms with Crippen LogP contribution in [0.4, 0.5) is 0 Å². The molecule has 84 valence electrons. The summed E-state index contributed by atoms with van der Waals surface area (Å²) in [6.45, 7) is 6.85. The monoisotopic (exact) mass is 207 g/mol. The van der Waals surface area contributed by atoms with Crippen LogP contribution in [0.25, 0.3) is 0 Å². The van der Waals surface area contributed by atoms with E-state index in [2.05, 4.69) is 37.4 Å². The molecule has 0 radical (unpaired) electrons. The van der Waals surface area contributed by atoms with E-state index in [4.69, 9.17) is 4.74 Å². The first-order chi connectivity index (χ1) is 7.24. The summed E-state index contributed by atoms with van der Waals surface area (Å²) in [5, 5.41) is 3.10. The van der Waals surface area contributed by atoms with Gasteiger partial charge in [0.2, 0.25) is 0 Å². The van der Waals surface area contributed by atoms with Crippen molar-refractivity contribution in [1.29, 1.82) is 0 Å². The lowest BCUT2D eigenvalue weighted by atomic mass is 10.1. The van der Waals surface area contributed by atoms with Gasteiger partial charge >= 0.3 is 0 Å². The van der Waals surface area contributed by atoms with E-state index in [0.29, 0.717) is 0 Å². The van der Waals surface area contributed by atoms with Crippen molar-refractivity contribution in [3.8, 4) is 0 Å². The molecule has 0 aromatic heterocycles. The van der Waals surface area contributed by atoms with E-state index in [1.165, 1.54) is 16.7 Å². The molecular weight excluding hydrogens is 186 g/mol. The zero-order valence-corrected chi connectivity index (χ0v) is 9.97. The minimum Gasteiger partial charge on any atom is -0.377 e. The lowest BCUT2D eigenvalue weighted by Crippen LogP contribution is -2.10. The van der Waals surface area contributed by atoms with Gasteiger partial charge in [0.1, 0.15) is 0 Å². The van der Waals surface area contributed by atoms with Gasteiger partial charge in [-0.3, -0.25) is 0 Å². The molecule has 0 saturated carbocycles. The van der Waals surface area contributed by atoms with E-state index in [0.717, 1.165) is 26.2 Å². The first-order valence-electron chi connectivity index (χ1n) is 5.52. The number of ether oxygens (including phenoxy) is 1. The quantitative estimate of drug-likeness (QED) is 0.723. The second-order valence-electron chi connectivity index (χ2n) is 3.93. The molecule has 0 unspecified atom stereocenters. The first kappa shape index (κ1) is 12.2. The maximum atomic E-state index is 5.58. The number of hydrogen-bond acceptors (Lipinski definition) is 2. The van der Waals surface area contributed by atoms with Gasteiger partial charge in [0.25, 0.3) is 0 Å². The Hall–Kier alpha value is -0.860. The molecule has 0 spiro atoms. The molecule has 1 N–H and O–H groups in total. The van der Waals surface area contributed by atoms with Gasteiger partial charge in [-0.05, 0) is 50.6 Å². The summed E-state index contributed by atoms with van der Waals surface area (Å²) >= 11 is 0. The third kappa shape index (κ3) is 4.45. The number of nitrogens with one attached hydrogen (secondary N) is 1. The fourth-order valence-electron chi connectivity index (χ4n) is 1.43. The predicted molar refractivity (Wildman–Crippen MR) is 64.1 cm³/mol. The van der Waals surface area contributed by atoms with Crippen molar-refractivity contribution in [3.63, 3.8) is 0 Å². The van der Waals surface area contributed by atoms with E-state index in [1.807, 2.05) is 7.05 Å². The molecule has 1 rings (SSSR count). The van der Waals surface area contributed by atoms with Gasteiger partial charge in [0.05, 0.1) is 6.61 Å². The van der Waals surface area contributed by atoms with E-state index in [1.54, 1.807) is 0 Å². The van der Waals surface area contributed by atoms with E-state index in [-0.39, 0.29) is 0 Å².